The van der Waals surface area contributed by atoms with E-state index in [4.69, 9.17) is 4.42 Å². The van der Waals surface area contributed by atoms with Crippen LogP contribution in [0, 0.1) is 0 Å². The normalized spacial score (nSPS) is 10.8. The number of fused-ring (bicyclic) bond motifs is 2. The van der Waals surface area contributed by atoms with Crippen molar-refractivity contribution < 1.29 is 18.7 Å². The van der Waals surface area contributed by atoms with Gasteiger partial charge in [-0.15, -0.1) is 0 Å². The van der Waals surface area contributed by atoms with Crippen LogP contribution >= 0.6 is 11.8 Å². The van der Waals surface area contributed by atoms with Gasteiger partial charge in [-0.2, -0.15) is 0 Å². The summed E-state index contributed by atoms with van der Waals surface area (Å²) < 4.78 is 10.5. The fraction of sp³-hybridized carbons (Fsp3) is 0.167. The number of thioether (sulfide) groups is 1. The molecule has 0 saturated carbocycles. The molecule has 25 heavy (non-hydrogen) atoms. The van der Waals surface area contributed by atoms with Gasteiger partial charge in [0.1, 0.15) is 11.2 Å². The van der Waals surface area contributed by atoms with Crippen molar-refractivity contribution in [2.24, 2.45) is 0 Å². The van der Waals surface area contributed by atoms with Gasteiger partial charge in [-0.3, -0.25) is 9.59 Å². The lowest BCUT2D eigenvalue weighted by atomic mass is 10.1. The fourth-order valence-corrected chi connectivity index (χ4v) is 3.02. The molecule has 1 amide bonds. The fourth-order valence-electron chi connectivity index (χ4n) is 2.34. The maximum Gasteiger partial charge on any atom is 0.337 e. The van der Waals surface area contributed by atoms with Crippen LogP contribution in [0.1, 0.15) is 10.4 Å². The first-order valence-corrected chi connectivity index (χ1v) is 8.20. The molecule has 0 aliphatic carbocycles. The molecular weight excluding hydrogens is 342 g/mol. The van der Waals surface area contributed by atoms with Crippen molar-refractivity contribution in [1.29, 1.82) is 0 Å². The number of methoxy groups -OCH3 is 1. The van der Waals surface area contributed by atoms with E-state index >= 15 is 0 Å². The van der Waals surface area contributed by atoms with Gasteiger partial charge in [-0.25, -0.2) is 4.79 Å². The predicted octanol–water partition coefficient (Wildman–Crippen LogP) is 3.51. The van der Waals surface area contributed by atoms with Crippen molar-refractivity contribution in [3.63, 3.8) is 0 Å². The first kappa shape index (κ1) is 17.0. The van der Waals surface area contributed by atoms with Gasteiger partial charge in [0.05, 0.1) is 23.4 Å². The zero-order valence-electron chi connectivity index (χ0n) is 13.9. The van der Waals surface area contributed by atoms with Gasteiger partial charge in [-0.05, 0) is 48.2 Å². The molecule has 1 heterocycles. The van der Waals surface area contributed by atoms with Crippen LogP contribution < -0.4 is 5.43 Å². The Morgan fingerprint density at radius 3 is 2.48 bits per heavy atom. The standard InChI is InChI=1S/C18H15NO5S/c1-19(2)18(22)25-11-5-6-12-15(9-11)24-14-7-4-10(17(21)23-3)8-13(14)16(12)20/h4-9H,1-3H3. The highest BCUT2D eigenvalue weighted by molar-refractivity contribution is 8.13. The summed E-state index contributed by atoms with van der Waals surface area (Å²) in [6.07, 6.45) is 0. The van der Waals surface area contributed by atoms with E-state index in [0.717, 1.165) is 11.8 Å². The molecule has 0 unspecified atom stereocenters. The molecule has 2 aromatic carbocycles. The highest BCUT2D eigenvalue weighted by atomic mass is 32.2. The second kappa shape index (κ2) is 6.60. The zero-order chi connectivity index (χ0) is 18.1. The molecule has 0 aliphatic heterocycles. The average molecular weight is 357 g/mol. The molecule has 0 radical (unpaired) electrons. The number of esters is 1. The largest absolute Gasteiger partial charge is 0.465 e. The summed E-state index contributed by atoms with van der Waals surface area (Å²) in [5.41, 5.74) is 0.800. The number of carbonyl (C=O) groups is 2. The van der Waals surface area contributed by atoms with Crippen LogP contribution in [0.5, 0.6) is 0 Å². The van der Waals surface area contributed by atoms with Gasteiger partial charge < -0.3 is 14.1 Å². The number of hydrogen-bond acceptors (Lipinski definition) is 6. The van der Waals surface area contributed by atoms with Gasteiger partial charge in [0.15, 0.2) is 0 Å². The first-order valence-electron chi connectivity index (χ1n) is 7.39. The van der Waals surface area contributed by atoms with Gasteiger partial charge in [-0.1, -0.05) is 0 Å². The molecule has 0 saturated heterocycles. The Bertz CT molecular complexity index is 1050. The van der Waals surface area contributed by atoms with Gasteiger partial charge in [0.2, 0.25) is 5.43 Å². The average Bonchev–Trinajstić information content (AvgIpc) is 2.60. The molecule has 0 fully saturated rings. The summed E-state index contributed by atoms with van der Waals surface area (Å²) >= 11 is 1.05. The minimum atomic E-state index is -0.518. The second-order valence-corrected chi connectivity index (χ2v) is 6.58. The lowest BCUT2D eigenvalue weighted by Crippen LogP contribution is -2.16. The van der Waals surface area contributed by atoms with Crippen LogP contribution in [0.15, 0.2) is 50.5 Å². The third-order valence-electron chi connectivity index (χ3n) is 3.63. The highest BCUT2D eigenvalue weighted by Crippen LogP contribution is 2.26. The van der Waals surface area contributed by atoms with Crippen LogP contribution in [0.25, 0.3) is 21.9 Å². The molecule has 0 aliphatic rings. The molecule has 0 spiro atoms. The van der Waals surface area contributed by atoms with Crippen molar-refractivity contribution in [1.82, 2.24) is 4.90 Å². The van der Waals surface area contributed by atoms with E-state index < -0.39 is 5.97 Å². The van der Waals surface area contributed by atoms with E-state index in [9.17, 15) is 14.4 Å². The summed E-state index contributed by atoms with van der Waals surface area (Å²) in [6, 6.07) is 9.55. The molecule has 128 valence electrons. The Morgan fingerprint density at radius 2 is 1.80 bits per heavy atom. The highest BCUT2D eigenvalue weighted by Gasteiger charge is 2.13. The zero-order valence-corrected chi connectivity index (χ0v) is 14.7. The Hall–Kier alpha value is -2.80. The van der Waals surface area contributed by atoms with Crippen LogP contribution in [0.2, 0.25) is 0 Å². The second-order valence-electron chi connectivity index (χ2n) is 5.55. The molecular formula is C18H15NO5S. The summed E-state index contributed by atoms with van der Waals surface area (Å²) in [6.45, 7) is 0. The maximum atomic E-state index is 12.7. The minimum Gasteiger partial charge on any atom is -0.465 e. The van der Waals surface area contributed by atoms with E-state index in [1.165, 1.54) is 24.1 Å². The van der Waals surface area contributed by atoms with Crippen LogP contribution in [0.3, 0.4) is 0 Å². The Labute approximate surface area is 147 Å². The quantitative estimate of drug-likeness (QED) is 0.397. The number of nitrogens with zero attached hydrogens (tertiary/aromatic N) is 1. The van der Waals surface area contributed by atoms with Crippen molar-refractivity contribution in [2.45, 2.75) is 4.90 Å². The van der Waals surface area contributed by atoms with E-state index in [0.29, 0.717) is 26.8 Å². The van der Waals surface area contributed by atoms with Crippen molar-refractivity contribution >= 4 is 44.9 Å². The van der Waals surface area contributed by atoms with Gasteiger partial charge in [0, 0.05) is 19.0 Å². The number of amides is 1. The monoisotopic (exact) mass is 357 g/mol. The number of ether oxygens (including phenoxy) is 1. The van der Waals surface area contributed by atoms with Crippen LogP contribution in [0.4, 0.5) is 4.79 Å². The molecule has 6 nitrogen and oxygen atoms in total. The maximum absolute atomic E-state index is 12.7. The van der Waals surface area contributed by atoms with Crippen molar-refractivity contribution in [2.75, 3.05) is 21.2 Å². The lowest BCUT2D eigenvalue weighted by Gasteiger charge is -2.09. The number of benzene rings is 2. The van der Waals surface area contributed by atoms with Crippen molar-refractivity contribution in [3.05, 3.63) is 52.2 Å². The Kier molecular flexibility index (Phi) is 4.50. The lowest BCUT2D eigenvalue weighted by molar-refractivity contribution is 0.0601. The van der Waals surface area contributed by atoms with Crippen LogP contribution in [-0.2, 0) is 4.74 Å². The van der Waals surface area contributed by atoms with Crippen molar-refractivity contribution in [3.8, 4) is 0 Å². The smallest absolute Gasteiger partial charge is 0.337 e. The Morgan fingerprint density at radius 1 is 1.04 bits per heavy atom. The van der Waals surface area contributed by atoms with Crippen LogP contribution in [-0.4, -0.2) is 37.3 Å². The molecule has 7 heteroatoms. The molecule has 0 atom stereocenters. The third kappa shape index (κ3) is 3.23. The van der Waals surface area contributed by atoms with E-state index in [2.05, 4.69) is 4.74 Å². The van der Waals surface area contributed by atoms with E-state index in [-0.39, 0.29) is 16.2 Å². The predicted molar refractivity (Wildman–Crippen MR) is 96.3 cm³/mol. The topological polar surface area (TPSA) is 76.8 Å². The SMILES string of the molecule is COC(=O)c1ccc2oc3cc(SC(=O)N(C)C)ccc3c(=O)c2c1. The third-order valence-corrected chi connectivity index (χ3v) is 4.66. The molecule has 0 bridgehead atoms. The molecule has 3 aromatic rings. The summed E-state index contributed by atoms with van der Waals surface area (Å²) in [5, 5.41) is 0.571. The van der Waals surface area contributed by atoms with E-state index in [1.54, 1.807) is 38.4 Å². The number of carbonyl (C=O) groups excluding carboxylic acids is 2. The number of hydrogen-bond donors (Lipinski definition) is 0. The summed E-state index contributed by atoms with van der Waals surface area (Å²) in [7, 11) is 4.62. The van der Waals surface area contributed by atoms with E-state index in [1.807, 2.05) is 0 Å². The first-order chi connectivity index (χ1) is 11.9. The molecule has 0 N–H and O–H groups in total. The van der Waals surface area contributed by atoms with Gasteiger partial charge in [0.25, 0.3) is 5.24 Å². The van der Waals surface area contributed by atoms with Gasteiger partial charge >= 0.3 is 5.97 Å². The Balaban J connectivity index is 2.14. The minimum absolute atomic E-state index is 0.120. The molecule has 3 rings (SSSR count). The molecule has 1 aromatic heterocycles. The summed E-state index contributed by atoms with van der Waals surface area (Å²) in [4.78, 5) is 38.3. The number of rotatable bonds is 2. The summed E-state index contributed by atoms with van der Waals surface area (Å²) in [5.74, 6) is -0.518.